The summed E-state index contributed by atoms with van der Waals surface area (Å²) in [4.78, 5) is 29.0. The Hall–Kier alpha value is -2.84. The summed E-state index contributed by atoms with van der Waals surface area (Å²) in [5.41, 5.74) is 2.06. The molecule has 0 unspecified atom stereocenters. The van der Waals surface area contributed by atoms with E-state index in [-0.39, 0.29) is 23.0 Å². The molecule has 1 heterocycles. The van der Waals surface area contributed by atoms with Crippen molar-refractivity contribution in [2.45, 2.75) is 39.7 Å². The fourth-order valence-electron chi connectivity index (χ4n) is 3.76. The van der Waals surface area contributed by atoms with Crippen molar-refractivity contribution in [3.8, 4) is 5.75 Å². The molecule has 0 bridgehead atoms. The van der Waals surface area contributed by atoms with E-state index in [1.165, 1.54) is 0 Å². The summed E-state index contributed by atoms with van der Waals surface area (Å²) in [5.74, 6) is 0.483. The van der Waals surface area contributed by atoms with Crippen molar-refractivity contribution < 1.29 is 14.3 Å². The lowest BCUT2D eigenvalue weighted by molar-refractivity contribution is -0.131. The summed E-state index contributed by atoms with van der Waals surface area (Å²) in [6, 6.07) is 12.5. The van der Waals surface area contributed by atoms with Crippen LogP contribution in [-0.4, -0.2) is 54.1 Å². The smallest absolute Gasteiger partial charge is 0.257 e. The molecule has 2 N–H and O–H groups in total. The van der Waals surface area contributed by atoms with Gasteiger partial charge in [0.15, 0.2) is 5.11 Å². The lowest BCUT2D eigenvalue weighted by atomic mass is 10.2. The van der Waals surface area contributed by atoms with E-state index in [1.54, 1.807) is 30.3 Å². The third-order valence-corrected chi connectivity index (χ3v) is 5.78. The van der Waals surface area contributed by atoms with Crippen LogP contribution in [0.4, 0.5) is 11.4 Å². The van der Waals surface area contributed by atoms with Gasteiger partial charge in [0.1, 0.15) is 5.75 Å². The van der Waals surface area contributed by atoms with Crippen molar-refractivity contribution in [3.63, 3.8) is 0 Å². The van der Waals surface area contributed by atoms with Gasteiger partial charge in [0.25, 0.3) is 5.91 Å². The third kappa shape index (κ3) is 7.08. The number of hydrogen-bond donors (Lipinski definition) is 2. The zero-order valence-corrected chi connectivity index (χ0v) is 21.3. The van der Waals surface area contributed by atoms with Gasteiger partial charge in [-0.25, -0.2) is 0 Å². The molecule has 3 rings (SSSR count). The molecule has 1 aliphatic rings. The molecule has 2 amide bonds. The second-order valence-corrected chi connectivity index (χ2v) is 9.23. The molecule has 1 aliphatic heterocycles. The normalized spacial score (nSPS) is 13.6. The molecule has 34 heavy (non-hydrogen) atoms. The van der Waals surface area contributed by atoms with Crippen LogP contribution in [0.2, 0.25) is 5.02 Å². The topological polar surface area (TPSA) is 73.9 Å². The average molecular weight is 503 g/mol. The van der Waals surface area contributed by atoms with Crippen LogP contribution in [0, 0.1) is 0 Å². The first-order chi connectivity index (χ1) is 16.3. The summed E-state index contributed by atoms with van der Waals surface area (Å²) in [5, 5.41) is 6.55. The Labute approximate surface area is 211 Å². The van der Waals surface area contributed by atoms with E-state index in [4.69, 9.17) is 28.6 Å². The van der Waals surface area contributed by atoms with Gasteiger partial charge < -0.3 is 19.9 Å². The number of halogens is 1. The molecule has 0 saturated carbocycles. The highest BCUT2D eigenvalue weighted by Crippen LogP contribution is 2.30. The Morgan fingerprint density at radius 3 is 2.53 bits per heavy atom. The Morgan fingerprint density at radius 2 is 1.85 bits per heavy atom. The minimum absolute atomic E-state index is 0.00827. The molecule has 0 aliphatic carbocycles. The van der Waals surface area contributed by atoms with Crippen molar-refractivity contribution in [2.24, 2.45) is 0 Å². The zero-order valence-electron chi connectivity index (χ0n) is 19.8. The van der Waals surface area contributed by atoms with E-state index in [9.17, 15) is 9.59 Å². The number of benzene rings is 2. The second kappa shape index (κ2) is 12.0. The molecule has 0 atom stereocenters. The number of carbonyl (C=O) groups is 2. The number of ether oxygens (including phenoxy) is 1. The summed E-state index contributed by atoms with van der Waals surface area (Å²) in [6.45, 7) is 8.60. The van der Waals surface area contributed by atoms with Crippen molar-refractivity contribution in [1.82, 2.24) is 10.2 Å². The number of rotatable bonds is 7. The van der Waals surface area contributed by atoms with Crippen molar-refractivity contribution in [1.29, 1.82) is 0 Å². The van der Waals surface area contributed by atoms with E-state index < -0.39 is 0 Å². The van der Waals surface area contributed by atoms with Crippen molar-refractivity contribution in [2.75, 3.05) is 36.4 Å². The Kier molecular flexibility index (Phi) is 9.12. The van der Waals surface area contributed by atoms with Gasteiger partial charge in [-0.2, -0.15) is 0 Å². The number of nitrogens with zero attached hydrogens (tertiary/aromatic N) is 2. The highest BCUT2D eigenvalue weighted by molar-refractivity contribution is 7.80. The number of carbonyl (C=O) groups excluding carboxylic acids is 2. The van der Waals surface area contributed by atoms with Gasteiger partial charge in [0.05, 0.1) is 17.5 Å². The van der Waals surface area contributed by atoms with Gasteiger partial charge >= 0.3 is 0 Å². The number of thiocarbonyl (C=S) groups is 1. The van der Waals surface area contributed by atoms with Crippen LogP contribution in [0.5, 0.6) is 5.75 Å². The maximum absolute atomic E-state index is 12.7. The highest BCUT2D eigenvalue weighted by Gasteiger charge is 2.22. The van der Waals surface area contributed by atoms with E-state index >= 15 is 0 Å². The minimum atomic E-state index is -0.335. The van der Waals surface area contributed by atoms with Gasteiger partial charge in [-0.05, 0) is 68.9 Å². The Morgan fingerprint density at radius 1 is 1.12 bits per heavy atom. The third-order valence-electron chi connectivity index (χ3n) is 5.34. The van der Waals surface area contributed by atoms with Gasteiger partial charge in [0, 0.05) is 43.2 Å². The van der Waals surface area contributed by atoms with E-state index in [0.717, 1.165) is 12.1 Å². The Bertz CT molecular complexity index is 1040. The van der Waals surface area contributed by atoms with Crippen LogP contribution in [0.15, 0.2) is 42.5 Å². The molecular formula is C25H31ClN4O3S. The number of amides is 2. The molecule has 2 aromatic carbocycles. The second-order valence-electron chi connectivity index (χ2n) is 8.38. The SMILES string of the molecule is CCCC(=O)N1CCN(c2ccc(Cl)cc2NC(=S)NC(=O)c2cccc(OC(C)C)c2)CC1. The van der Waals surface area contributed by atoms with Crippen LogP contribution in [0.1, 0.15) is 44.0 Å². The van der Waals surface area contributed by atoms with Crippen LogP contribution >= 0.6 is 23.8 Å². The molecule has 0 radical (unpaired) electrons. The summed E-state index contributed by atoms with van der Waals surface area (Å²) >= 11 is 11.7. The molecule has 0 aromatic heterocycles. The highest BCUT2D eigenvalue weighted by atomic mass is 35.5. The van der Waals surface area contributed by atoms with Gasteiger partial charge in [-0.3, -0.25) is 14.9 Å². The maximum atomic E-state index is 12.7. The number of hydrogen-bond acceptors (Lipinski definition) is 5. The van der Waals surface area contributed by atoms with Crippen molar-refractivity contribution in [3.05, 3.63) is 53.1 Å². The van der Waals surface area contributed by atoms with Gasteiger partial charge in [-0.15, -0.1) is 0 Å². The largest absolute Gasteiger partial charge is 0.491 e. The predicted octanol–water partition coefficient (Wildman–Crippen LogP) is 4.70. The molecule has 7 nitrogen and oxygen atoms in total. The quantitative estimate of drug-likeness (QED) is 0.534. The monoisotopic (exact) mass is 502 g/mol. The Balaban J connectivity index is 1.66. The fourth-order valence-corrected chi connectivity index (χ4v) is 4.14. The summed E-state index contributed by atoms with van der Waals surface area (Å²) in [7, 11) is 0. The summed E-state index contributed by atoms with van der Waals surface area (Å²) < 4.78 is 5.66. The zero-order chi connectivity index (χ0) is 24.7. The lowest BCUT2D eigenvalue weighted by Crippen LogP contribution is -2.49. The van der Waals surface area contributed by atoms with Crippen LogP contribution < -0.4 is 20.3 Å². The van der Waals surface area contributed by atoms with Crippen molar-refractivity contribution >= 4 is 52.1 Å². The first-order valence-corrected chi connectivity index (χ1v) is 12.3. The molecule has 182 valence electrons. The molecule has 0 spiro atoms. The average Bonchev–Trinajstić information content (AvgIpc) is 2.79. The standard InChI is InChI=1S/C25H31ClN4O3S/c1-4-6-23(31)30-13-11-29(12-14-30)22-10-9-19(26)16-21(22)27-25(34)28-24(32)18-7-5-8-20(15-18)33-17(2)3/h5,7-10,15-17H,4,6,11-14H2,1-3H3,(H2,27,28,32,34). The van der Waals surface area contributed by atoms with Crippen LogP contribution in [-0.2, 0) is 4.79 Å². The molecule has 1 saturated heterocycles. The number of nitrogens with one attached hydrogen (secondary N) is 2. The van der Waals surface area contributed by atoms with E-state index in [0.29, 0.717) is 54.6 Å². The number of piperazine rings is 1. The fraction of sp³-hybridized carbons (Fsp3) is 0.400. The predicted molar refractivity (Wildman–Crippen MR) is 141 cm³/mol. The van der Waals surface area contributed by atoms with Gasteiger partial charge in [-0.1, -0.05) is 24.6 Å². The van der Waals surface area contributed by atoms with Crippen LogP contribution in [0.25, 0.3) is 0 Å². The molecule has 9 heteroatoms. The van der Waals surface area contributed by atoms with Gasteiger partial charge in [0.2, 0.25) is 5.91 Å². The van der Waals surface area contributed by atoms with E-state index in [2.05, 4.69) is 15.5 Å². The maximum Gasteiger partial charge on any atom is 0.257 e. The van der Waals surface area contributed by atoms with Crippen LogP contribution in [0.3, 0.4) is 0 Å². The summed E-state index contributed by atoms with van der Waals surface area (Å²) in [6.07, 6.45) is 1.44. The molecular weight excluding hydrogens is 472 g/mol. The minimum Gasteiger partial charge on any atom is -0.491 e. The molecule has 2 aromatic rings. The molecule has 1 fully saturated rings. The van der Waals surface area contributed by atoms with E-state index in [1.807, 2.05) is 37.8 Å². The first-order valence-electron chi connectivity index (χ1n) is 11.5. The lowest BCUT2D eigenvalue weighted by Gasteiger charge is -2.37. The number of anilines is 2. The first kappa shape index (κ1) is 25.8.